The molecule has 1 N–H and O–H groups in total. The Morgan fingerprint density at radius 2 is 1.52 bits per heavy atom. The van der Waals surface area contributed by atoms with Crippen molar-refractivity contribution in [3.8, 4) is 0 Å². The molecule has 6 rings (SSSR count). The molecule has 5 saturated carbocycles. The standard InChI is InChI=1S/C25H38N2O4/c1-16(22(28)26-20-6-3-2-4-7-20)31-23(29)21-8-5-9-27(21)24(30)25-13-17-10-18(14-25)12-19(11-17)15-25/h16-21H,2-15H2,1H3,(H,26,28). The van der Waals surface area contributed by atoms with Gasteiger partial charge < -0.3 is 15.0 Å². The Balaban J connectivity index is 1.20. The van der Waals surface area contributed by atoms with E-state index in [2.05, 4.69) is 5.32 Å². The van der Waals surface area contributed by atoms with Gasteiger partial charge in [-0.15, -0.1) is 0 Å². The van der Waals surface area contributed by atoms with Gasteiger partial charge in [0.1, 0.15) is 6.04 Å². The van der Waals surface area contributed by atoms with Crippen molar-refractivity contribution < 1.29 is 19.1 Å². The molecule has 6 heteroatoms. The first-order valence-electron chi connectivity index (χ1n) is 12.8. The van der Waals surface area contributed by atoms with Gasteiger partial charge >= 0.3 is 5.97 Å². The zero-order valence-corrected chi connectivity index (χ0v) is 18.9. The lowest BCUT2D eigenvalue weighted by Crippen LogP contribution is -2.56. The van der Waals surface area contributed by atoms with Crippen molar-refractivity contribution in [3.63, 3.8) is 0 Å². The van der Waals surface area contributed by atoms with Gasteiger partial charge in [0.2, 0.25) is 5.91 Å². The maximum atomic E-state index is 13.7. The van der Waals surface area contributed by atoms with Crippen LogP contribution in [-0.4, -0.2) is 47.4 Å². The number of nitrogens with one attached hydrogen (secondary N) is 1. The van der Waals surface area contributed by atoms with Crippen LogP contribution in [0.4, 0.5) is 0 Å². The third-order valence-electron chi connectivity index (χ3n) is 8.89. The minimum atomic E-state index is -0.813. The van der Waals surface area contributed by atoms with Gasteiger partial charge in [-0.1, -0.05) is 19.3 Å². The van der Waals surface area contributed by atoms with E-state index in [1.54, 1.807) is 6.92 Å². The summed E-state index contributed by atoms with van der Waals surface area (Å²) in [4.78, 5) is 41.1. The summed E-state index contributed by atoms with van der Waals surface area (Å²) in [6.07, 6.45) is 13.1. The third kappa shape index (κ3) is 4.11. The van der Waals surface area contributed by atoms with Crippen LogP contribution in [0.1, 0.15) is 90.4 Å². The van der Waals surface area contributed by atoms with Crippen molar-refractivity contribution in [2.24, 2.45) is 23.2 Å². The van der Waals surface area contributed by atoms with Crippen molar-refractivity contribution in [3.05, 3.63) is 0 Å². The number of ether oxygens (including phenoxy) is 1. The zero-order chi connectivity index (χ0) is 21.6. The maximum Gasteiger partial charge on any atom is 0.329 e. The van der Waals surface area contributed by atoms with E-state index in [-0.39, 0.29) is 23.3 Å². The van der Waals surface area contributed by atoms with E-state index in [1.165, 1.54) is 25.7 Å². The predicted molar refractivity (Wildman–Crippen MR) is 116 cm³/mol. The number of nitrogens with zero attached hydrogens (tertiary/aromatic N) is 1. The number of amides is 2. The molecule has 6 aliphatic rings. The van der Waals surface area contributed by atoms with E-state index >= 15 is 0 Å². The Kier molecular flexibility index (Phi) is 5.76. The molecular formula is C25H38N2O4. The molecule has 0 radical (unpaired) electrons. The van der Waals surface area contributed by atoms with E-state index in [1.807, 2.05) is 4.90 Å². The Morgan fingerprint density at radius 1 is 0.903 bits per heavy atom. The fraction of sp³-hybridized carbons (Fsp3) is 0.880. The van der Waals surface area contributed by atoms with Gasteiger partial charge in [-0.25, -0.2) is 4.79 Å². The van der Waals surface area contributed by atoms with E-state index in [9.17, 15) is 14.4 Å². The van der Waals surface area contributed by atoms with Gasteiger partial charge in [-0.3, -0.25) is 9.59 Å². The summed E-state index contributed by atoms with van der Waals surface area (Å²) in [5.74, 6) is 1.69. The number of rotatable bonds is 5. The predicted octanol–water partition coefficient (Wildman–Crippen LogP) is 3.57. The van der Waals surface area contributed by atoms with Crippen LogP contribution in [0, 0.1) is 23.2 Å². The summed E-state index contributed by atoms with van der Waals surface area (Å²) >= 11 is 0. The molecule has 2 amide bonds. The SMILES string of the molecule is CC(OC(=O)C1CCCN1C(=O)C12CC3CC(CC(C3)C1)C2)C(=O)NC1CCCCC1. The van der Waals surface area contributed by atoms with Crippen LogP contribution >= 0.6 is 0 Å². The fourth-order valence-corrected chi connectivity index (χ4v) is 7.80. The molecule has 1 saturated heterocycles. The Morgan fingerprint density at radius 3 is 2.13 bits per heavy atom. The number of esters is 1. The highest BCUT2D eigenvalue weighted by Crippen LogP contribution is 2.60. The topological polar surface area (TPSA) is 75.7 Å². The average molecular weight is 431 g/mol. The second-order valence-electron chi connectivity index (χ2n) is 11.3. The normalized spacial score (nSPS) is 38.2. The smallest absolute Gasteiger partial charge is 0.329 e. The minimum absolute atomic E-state index is 0.197. The summed E-state index contributed by atoms with van der Waals surface area (Å²) in [5.41, 5.74) is -0.235. The summed E-state index contributed by atoms with van der Waals surface area (Å²) < 4.78 is 5.59. The molecule has 4 bridgehead atoms. The second-order valence-corrected chi connectivity index (χ2v) is 11.3. The monoisotopic (exact) mass is 430 g/mol. The van der Waals surface area contributed by atoms with Crippen molar-refractivity contribution >= 4 is 17.8 Å². The van der Waals surface area contributed by atoms with Gasteiger partial charge in [0.25, 0.3) is 5.91 Å². The van der Waals surface area contributed by atoms with Gasteiger partial charge in [0.15, 0.2) is 6.10 Å². The van der Waals surface area contributed by atoms with Gasteiger partial charge in [0, 0.05) is 12.6 Å². The van der Waals surface area contributed by atoms with Crippen molar-refractivity contribution in [1.29, 1.82) is 0 Å². The first-order chi connectivity index (χ1) is 14.9. The molecule has 31 heavy (non-hydrogen) atoms. The number of hydrogen-bond donors (Lipinski definition) is 1. The van der Waals surface area contributed by atoms with Crippen molar-refractivity contribution in [2.45, 2.75) is 109 Å². The summed E-state index contributed by atoms with van der Waals surface area (Å²) in [6, 6.07) is -0.325. The molecule has 1 aliphatic heterocycles. The summed E-state index contributed by atoms with van der Waals surface area (Å²) in [7, 11) is 0. The van der Waals surface area contributed by atoms with Crippen molar-refractivity contribution in [1.82, 2.24) is 10.2 Å². The van der Waals surface area contributed by atoms with Crippen LogP contribution in [0.3, 0.4) is 0 Å². The number of carbonyl (C=O) groups excluding carboxylic acids is 3. The fourth-order valence-electron chi connectivity index (χ4n) is 7.80. The second kappa shape index (κ2) is 8.40. The van der Waals surface area contributed by atoms with Crippen LogP contribution in [-0.2, 0) is 19.1 Å². The first-order valence-corrected chi connectivity index (χ1v) is 12.8. The lowest BCUT2D eigenvalue weighted by molar-refractivity contribution is -0.168. The third-order valence-corrected chi connectivity index (χ3v) is 8.89. The highest BCUT2D eigenvalue weighted by atomic mass is 16.5. The molecule has 2 unspecified atom stereocenters. The molecule has 172 valence electrons. The first kappa shape index (κ1) is 21.3. The zero-order valence-electron chi connectivity index (χ0n) is 18.9. The van der Waals surface area contributed by atoms with Crippen molar-refractivity contribution in [2.75, 3.05) is 6.54 Å². The molecule has 0 aromatic carbocycles. The lowest BCUT2D eigenvalue weighted by Gasteiger charge is -2.56. The molecule has 0 spiro atoms. The Bertz CT molecular complexity index is 694. The lowest BCUT2D eigenvalue weighted by atomic mass is 9.49. The quantitative estimate of drug-likeness (QED) is 0.677. The van der Waals surface area contributed by atoms with Crippen LogP contribution in [0.15, 0.2) is 0 Å². The summed E-state index contributed by atoms with van der Waals surface area (Å²) in [5, 5.41) is 3.04. The molecule has 6 fully saturated rings. The van der Waals surface area contributed by atoms with Crippen LogP contribution in [0.25, 0.3) is 0 Å². The van der Waals surface area contributed by atoms with Gasteiger partial charge in [-0.05, 0) is 88.9 Å². The molecule has 1 heterocycles. The van der Waals surface area contributed by atoms with Gasteiger partial charge in [-0.2, -0.15) is 0 Å². The van der Waals surface area contributed by atoms with E-state index < -0.39 is 18.1 Å². The van der Waals surface area contributed by atoms with E-state index in [4.69, 9.17) is 4.74 Å². The molecular weight excluding hydrogens is 392 g/mol. The van der Waals surface area contributed by atoms with Crippen LogP contribution < -0.4 is 5.32 Å². The van der Waals surface area contributed by atoms with E-state index in [0.29, 0.717) is 30.7 Å². The average Bonchev–Trinajstić information content (AvgIpc) is 3.23. The Labute approximate surface area is 185 Å². The molecule has 0 aromatic rings. The molecule has 2 atom stereocenters. The van der Waals surface area contributed by atoms with E-state index in [0.717, 1.165) is 51.4 Å². The Hall–Kier alpha value is -1.59. The molecule has 6 nitrogen and oxygen atoms in total. The van der Waals surface area contributed by atoms with Crippen LogP contribution in [0.2, 0.25) is 0 Å². The molecule has 0 aromatic heterocycles. The number of hydrogen-bond acceptors (Lipinski definition) is 4. The maximum absolute atomic E-state index is 13.7. The largest absolute Gasteiger partial charge is 0.451 e. The number of carbonyl (C=O) groups is 3. The molecule has 5 aliphatic carbocycles. The highest BCUT2D eigenvalue weighted by Gasteiger charge is 2.57. The minimum Gasteiger partial charge on any atom is -0.451 e. The summed E-state index contributed by atoms with van der Waals surface area (Å²) in [6.45, 7) is 2.29. The number of likely N-dealkylation sites (tertiary alicyclic amines) is 1. The highest BCUT2D eigenvalue weighted by molar-refractivity contribution is 5.90. The van der Waals surface area contributed by atoms with Crippen LogP contribution in [0.5, 0.6) is 0 Å². The van der Waals surface area contributed by atoms with Gasteiger partial charge in [0.05, 0.1) is 5.41 Å².